The molecule has 10 heteroatoms. The third-order valence-corrected chi connectivity index (χ3v) is 10.4. The fourth-order valence-corrected chi connectivity index (χ4v) is 8.04. The van der Waals surface area contributed by atoms with Gasteiger partial charge in [-0.15, -0.1) is 0 Å². The van der Waals surface area contributed by atoms with E-state index in [1.807, 2.05) is 19.1 Å². The van der Waals surface area contributed by atoms with Crippen molar-refractivity contribution in [1.82, 2.24) is 0 Å². The van der Waals surface area contributed by atoms with Crippen LogP contribution in [0.15, 0.2) is 47.6 Å². The van der Waals surface area contributed by atoms with Gasteiger partial charge in [0.15, 0.2) is 0 Å². The molecule has 0 aromatic rings. The number of aliphatic hydroxyl groups is 4. The highest BCUT2D eigenvalue weighted by Crippen LogP contribution is 2.64. The lowest BCUT2D eigenvalue weighted by atomic mass is 9.55. The molecule has 0 aromatic heterocycles. The summed E-state index contributed by atoms with van der Waals surface area (Å²) in [7, 11) is 0. The first kappa shape index (κ1) is 35.9. The SMILES string of the molecule is C=C1C(=CC=C2CCC[C@@]3(C)C2CC[C@@H]3[C@@](C)(CC=CC(O)(C(F)(F)F)C(F)(F)F)CCCC(C)(C)O)C[C@@H](O)C[C@@H]1O. The maximum Gasteiger partial charge on any atom is 0.429 e. The lowest BCUT2D eigenvalue weighted by Crippen LogP contribution is -2.55. The van der Waals surface area contributed by atoms with Crippen LogP contribution in [0.1, 0.15) is 98.3 Å². The molecule has 0 heterocycles. The van der Waals surface area contributed by atoms with Gasteiger partial charge in [0.1, 0.15) is 0 Å². The predicted molar refractivity (Wildman–Crippen MR) is 154 cm³/mol. The first-order valence-electron chi connectivity index (χ1n) is 15.2. The molecule has 0 aromatic carbocycles. The number of alkyl halides is 6. The van der Waals surface area contributed by atoms with E-state index in [0.717, 1.165) is 43.8 Å². The van der Waals surface area contributed by atoms with Crippen molar-refractivity contribution in [2.45, 2.75) is 134 Å². The van der Waals surface area contributed by atoms with Gasteiger partial charge in [0.2, 0.25) is 0 Å². The Morgan fingerprint density at radius 1 is 0.953 bits per heavy atom. The summed E-state index contributed by atoms with van der Waals surface area (Å²) in [6.45, 7) is 11.4. The summed E-state index contributed by atoms with van der Waals surface area (Å²) in [5, 5.41) is 40.3. The molecule has 0 radical (unpaired) electrons. The van der Waals surface area contributed by atoms with Gasteiger partial charge in [-0.2, -0.15) is 26.3 Å². The zero-order valence-electron chi connectivity index (χ0n) is 25.7. The van der Waals surface area contributed by atoms with E-state index in [1.165, 1.54) is 5.57 Å². The Morgan fingerprint density at radius 3 is 2.16 bits per heavy atom. The van der Waals surface area contributed by atoms with Crippen LogP contribution in [0.25, 0.3) is 0 Å². The largest absolute Gasteiger partial charge is 0.429 e. The standard InChI is InChI=1S/C33H48F6O4/c1-21-23(19-24(40)20-26(21)41)11-10-22-9-6-17-30(5)25(22)12-13-27(30)29(4,15-7-14-28(2,3)42)16-8-18-31(43,32(34,35)36)33(37,38)39/h8,10-11,18,24-27,40-43H,1,6-7,9,12-17,19-20H2,2-5H3/t24-,25?,26+,27-,29-,30+/m1/s1. The molecule has 0 amide bonds. The average molecular weight is 623 g/mol. The molecule has 4 nitrogen and oxygen atoms in total. The molecule has 0 spiro atoms. The van der Waals surface area contributed by atoms with Gasteiger partial charge in [-0.3, -0.25) is 0 Å². The molecule has 43 heavy (non-hydrogen) atoms. The van der Waals surface area contributed by atoms with Crippen LogP contribution in [0.3, 0.4) is 0 Å². The minimum atomic E-state index is -5.92. The van der Waals surface area contributed by atoms with Gasteiger partial charge in [-0.1, -0.05) is 50.6 Å². The topological polar surface area (TPSA) is 80.9 Å². The third kappa shape index (κ3) is 7.79. The monoisotopic (exact) mass is 622 g/mol. The Balaban J connectivity index is 1.93. The fourth-order valence-electron chi connectivity index (χ4n) is 8.04. The molecule has 0 bridgehead atoms. The number of fused-ring (bicyclic) bond motifs is 1. The molecule has 6 atom stereocenters. The average Bonchev–Trinajstić information content (AvgIpc) is 3.21. The molecule has 246 valence electrons. The molecule has 3 fully saturated rings. The molecule has 0 aliphatic heterocycles. The number of hydrogen-bond donors (Lipinski definition) is 4. The molecule has 3 saturated carbocycles. The summed E-state index contributed by atoms with van der Waals surface area (Å²) >= 11 is 0. The van der Waals surface area contributed by atoms with Gasteiger partial charge in [-0.25, -0.2) is 0 Å². The van der Waals surface area contributed by atoms with Crippen LogP contribution in [0, 0.1) is 22.7 Å². The molecule has 3 rings (SSSR count). The predicted octanol–water partition coefficient (Wildman–Crippen LogP) is 7.88. The molecule has 3 aliphatic rings. The maximum atomic E-state index is 13.4. The fraction of sp³-hybridized carbons (Fsp3) is 0.758. The third-order valence-electron chi connectivity index (χ3n) is 10.4. The van der Waals surface area contributed by atoms with Crippen LogP contribution in [0.2, 0.25) is 0 Å². The van der Waals surface area contributed by atoms with Crippen molar-refractivity contribution >= 4 is 0 Å². The lowest BCUT2D eigenvalue weighted by Gasteiger charge is -2.49. The Bertz CT molecular complexity index is 1080. The van der Waals surface area contributed by atoms with Gasteiger partial charge >= 0.3 is 12.4 Å². The molecule has 3 aliphatic carbocycles. The number of aliphatic hydroxyl groups excluding tert-OH is 2. The van der Waals surface area contributed by atoms with Crippen LogP contribution in [0.5, 0.6) is 0 Å². The number of rotatable bonds is 9. The minimum absolute atomic E-state index is 0.0223. The molecule has 0 saturated heterocycles. The van der Waals surface area contributed by atoms with Crippen LogP contribution in [-0.2, 0) is 0 Å². The van der Waals surface area contributed by atoms with Gasteiger partial charge < -0.3 is 20.4 Å². The summed E-state index contributed by atoms with van der Waals surface area (Å²) in [5.74, 6) is 0.139. The zero-order valence-corrected chi connectivity index (χ0v) is 25.7. The molecular weight excluding hydrogens is 574 g/mol. The Morgan fingerprint density at radius 2 is 1.58 bits per heavy atom. The van der Waals surface area contributed by atoms with Crippen LogP contribution in [-0.4, -0.2) is 56.2 Å². The molecular formula is C33H48F6O4. The van der Waals surface area contributed by atoms with Gasteiger partial charge in [0, 0.05) is 6.42 Å². The Hall–Kier alpha value is -1.62. The van der Waals surface area contributed by atoms with E-state index in [9.17, 15) is 46.8 Å². The van der Waals surface area contributed by atoms with Crippen molar-refractivity contribution in [1.29, 1.82) is 0 Å². The number of allylic oxidation sites excluding steroid dienone is 4. The summed E-state index contributed by atoms with van der Waals surface area (Å²) in [4.78, 5) is 0. The van der Waals surface area contributed by atoms with E-state index in [1.54, 1.807) is 13.8 Å². The summed E-state index contributed by atoms with van der Waals surface area (Å²) in [6, 6.07) is 0. The Labute approximate surface area is 251 Å². The van der Waals surface area contributed by atoms with Crippen molar-refractivity contribution in [3.05, 3.63) is 47.6 Å². The van der Waals surface area contributed by atoms with Crippen molar-refractivity contribution in [2.24, 2.45) is 22.7 Å². The zero-order chi connectivity index (χ0) is 32.6. The van der Waals surface area contributed by atoms with Crippen molar-refractivity contribution in [3.63, 3.8) is 0 Å². The van der Waals surface area contributed by atoms with E-state index >= 15 is 0 Å². The van der Waals surface area contributed by atoms with Crippen molar-refractivity contribution in [2.75, 3.05) is 0 Å². The Kier molecular flexibility index (Phi) is 10.5. The van der Waals surface area contributed by atoms with Crippen molar-refractivity contribution in [3.8, 4) is 0 Å². The van der Waals surface area contributed by atoms with E-state index < -0.39 is 41.2 Å². The summed E-state index contributed by atoms with van der Waals surface area (Å²) < 4.78 is 80.2. The van der Waals surface area contributed by atoms with Crippen LogP contribution >= 0.6 is 0 Å². The number of hydrogen-bond acceptors (Lipinski definition) is 4. The maximum absolute atomic E-state index is 13.4. The quantitative estimate of drug-likeness (QED) is 0.156. The van der Waals surface area contributed by atoms with E-state index in [2.05, 4.69) is 13.5 Å². The second-order valence-corrected chi connectivity index (χ2v) is 14.3. The first-order valence-corrected chi connectivity index (χ1v) is 15.2. The van der Waals surface area contributed by atoms with E-state index in [4.69, 9.17) is 0 Å². The van der Waals surface area contributed by atoms with E-state index in [-0.39, 0.29) is 36.2 Å². The minimum Gasteiger partial charge on any atom is -0.393 e. The van der Waals surface area contributed by atoms with Gasteiger partial charge in [0.05, 0.1) is 17.8 Å². The highest BCUT2D eigenvalue weighted by atomic mass is 19.4. The summed E-state index contributed by atoms with van der Waals surface area (Å²) in [6.07, 6.45) is -2.44. The highest BCUT2D eigenvalue weighted by Gasteiger charge is 2.69. The summed E-state index contributed by atoms with van der Waals surface area (Å²) in [5.41, 5.74) is -4.25. The van der Waals surface area contributed by atoms with E-state index in [0.29, 0.717) is 31.3 Å². The molecule has 1 unspecified atom stereocenters. The second kappa shape index (κ2) is 12.6. The second-order valence-electron chi connectivity index (χ2n) is 14.3. The van der Waals surface area contributed by atoms with Crippen molar-refractivity contribution < 1.29 is 46.8 Å². The first-order chi connectivity index (χ1) is 19.5. The smallest absolute Gasteiger partial charge is 0.393 e. The molecule has 4 N–H and O–H groups in total. The van der Waals surface area contributed by atoms with Gasteiger partial charge in [-0.05, 0) is 112 Å². The van der Waals surface area contributed by atoms with Gasteiger partial charge in [0.25, 0.3) is 5.60 Å². The number of halogens is 6. The normalized spacial score (nSPS) is 32.9. The highest BCUT2D eigenvalue weighted by molar-refractivity contribution is 5.38. The lowest BCUT2D eigenvalue weighted by molar-refractivity contribution is -0.347. The van der Waals surface area contributed by atoms with Crippen LogP contribution < -0.4 is 0 Å². The van der Waals surface area contributed by atoms with Crippen LogP contribution in [0.4, 0.5) is 26.3 Å².